The molecule has 0 amide bonds. The molecule has 106 heavy (non-hydrogen) atoms. The van der Waals surface area contributed by atoms with E-state index >= 15 is 0 Å². The first kappa shape index (κ1) is 78.1. The van der Waals surface area contributed by atoms with E-state index in [-0.39, 0.29) is 42.1 Å². The topological polar surface area (TPSA) is 318 Å². The summed E-state index contributed by atoms with van der Waals surface area (Å²) >= 11 is 17.2. The van der Waals surface area contributed by atoms with Gasteiger partial charge in [-0.05, 0) is 184 Å². The van der Waals surface area contributed by atoms with Crippen molar-refractivity contribution in [2.24, 2.45) is 5.73 Å². The Bertz CT molecular complexity index is 4950. The summed E-state index contributed by atoms with van der Waals surface area (Å²) in [6, 6.07) is 46.2. The van der Waals surface area contributed by atoms with Crippen LogP contribution in [0.5, 0.6) is 11.5 Å². The molecule has 12 aromatic rings. The van der Waals surface area contributed by atoms with Crippen molar-refractivity contribution in [1.82, 2.24) is 29.8 Å². The monoisotopic (exact) mass is 1500 g/mol. The lowest BCUT2D eigenvalue weighted by atomic mass is 9.88. The summed E-state index contributed by atoms with van der Waals surface area (Å²) in [7, 11) is 2.11. The summed E-state index contributed by atoms with van der Waals surface area (Å²) < 4.78 is 25.1. The zero-order valence-electron chi connectivity index (χ0n) is 58.6. The van der Waals surface area contributed by atoms with E-state index in [1.165, 1.54) is 130 Å². The highest BCUT2D eigenvalue weighted by atomic mass is 35.5. The van der Waals surface area contributed by atoms with Crippen molar-refractivity contribution in [3.05, 3.63) is 251 Å². The fourth-order valence-electron chi connectivity index (χ4n) is 12.8. The molecule has 23 nitrogen and oxygen atoms in total. The lowest BCUT2D eigenvalue weighted by Crippen LogP contribution is -2.32. The second kappa shape index (κ2) is 39.6. The molecule has 0 saturated carbocycles. The number of hydrogen-bond donors (Lipinski definition) is 6. The van der Waals surface area contributed by atoms with Gasteiger partial charge in [0.15, 0.2) is 0 Å². The maximum absolute atomic E-state index is 12.4. The smallest absolute Gasteiger partial charge is 0.465 e. The number of anilines is 1. The largest absolute Gasteiger partial charge is 0.513 e. The van der Waals surface area contributed by atoms with E-state index in [9.17, 15) is 34.6 Å². The number of nitrogens with two attached hydrogens (primary N) is 1. The number of nitrogens with zero attached hydrogens (tertiary/aromatic N) is 5. The van der Waals surface area contributed by atoms with E-state index in [0.717, 1.165) is 132 Å². The molecule has 1 aliphatic heterocycles. The number of pyridine rings is 2. The maximum atomic E-state index is 12.4. The van der Waals surface area contributed by atoms with Crippen molar-refractivity contribution in [1.29, 1.82) is 0 Å². The first-order valence-electron chi connectivity index (χ1n) is 35.1. The number of nitro benzene ring substituents is 2. The van der Waals surface area contributed by atoms with Crippen molar-refractivity contribution in [2.75, 3.05) is 65.2 Å². The van der Waals surface area contributed by atoms with Gasteiger partial charge < -0.3 is 59.7 Å². The molecule has 3 aliphatic rings. The first-order chi connectivity index (χ1) is 51.5. The number of rotatable bonds is 18. The maximum Gasteiger partial charge on any atom is 0.513 e. The zero-order chi connectivity index (χ0) is 74.7. The van der Waals surface area contributed by atoms with E-state index in [1.807, 2.05) is 104 Å². The van der Waals surface area contributed by atoms with Crippen LogP contribution in [0, 0.1) is 20.2 Å². The van der Waals surface area contributed by atoms with Crippen LogP contribution < -0.4 is 20.5 Å². The van der Waals surface area contributed by atoms with Gasteiger partial charge in [-0.25, -0.2) is 9.59 Å². The lowest BCUT2D eigenvalue weighted by Gasteiger charge is -2.21. The molecule has 0 unspecified atom stereocenters. The molecule has 0 atom stereocenters. The van der Waals surface area contributed by atoms with Crippen LogP contribution in [0.4, 0.5) is 26.7 Å². The number of carbonyl (C=O) groups is 3. The van der Waals surface area contributed by atoms with Crippen molar-refractivity contribution < 1.29 is 53.0 Å². The van der Waals surface area contributed by atoms with Gasteiger partial charge in [-0.3, -0.25) is 35.0 Å². The number of fused-ring (bicyclic) bond motifs is 7. The van der Waals surface area contributed by atoms with Crippen LogP contribution in [-0.4, -0.2) is 122 Å². The Balaban J connectivity index is 0.000000144. The molecule has 0 spiro atoms. The van der Waals surface area contributed by atoms with Gasteiger partial charge >= 0.3 is 17.6 Å². The lowest BCUT2D eigenvalue weighted by molar-refractivity contribution is -0.385. The molecular formula is C80H83Cl3N10O13. The number of hydrogen-bond acceptors (Lipinski definition) is 18. The SMILES string of the molecule is CN1CCOCC1.NCNc1c2c(nc3cc(Cl)ccc13)CCCC2.O=C(CCCc1c2c(nc3cc(Cl)ccc13)CCCC2)OCCc1c[nH]c2ccccc12.O=C(Cl)Oc1ccc([N+](=O)[O-])cc1.O=C(OCCc1c[nH]c2ccccc12)Oc1ccc([N+](=O)[O-])cc1.OCCc1c[nH]c2ccccc12. The number of para-hydroxylation sites is 3. The predicted molar refractivity (Wildman–Crippen MR) is 415 cm³/mol. The Morgan fingerprint density at radius 1 is 0.585 bits per heavy atom. The summed E-state index contributed by atoms with van der Waals surface area (Å²) in [5.74, 6) is 0.239. The van der Waals surface area contributed by atoms with Crippen LogP contribution in [0.2, 0.25) is 10.0 Å². The van der Waals surface area contributed by atoms with Crippen molar-refractivity contribution in [2.45, 2.75) is 89.9 Å². The number of esters is 1. The van der Waals surface area contributed by atoms with E-state index in [4.69, 9.17) is 74.6 Å². The second-order valence-electron chi connectivity index (χ2n) is 25.1. The van der Waals surface area contributed by atoms with Crippen molar-refractivity contribution >= 4 is 124 Å². The number of aliphatic hydroxyl groups excluding tert-OH is 1. The number of non-ortho nitro benzene ring substituents is 2. The third-order valence-electron chi connectivity index (χ3n) is 18.0. The number of aromatic amines is 3. The number of morpholine rings is 1. The number of likely N-dealkylation sites (N-methyl/N-ethyl adjacent to an activating group) is 1. The van der Waals surface area contributed by atoms with E-state index in [2.05, 4.69) is 61.2 Å². The number of benzene rings is 7. The van der Waals surface area contributed by atoms with Gasteiger partial charge in [-0.2, -0.15) is 0 Å². The van der Waals surface area contributed by atoms with Gasteiger partial charge in [0.1, 0.15) is 11.5 Å². The van der Waals surface area contributed by atoms with Gasteiger partial charge in [0, 0.05) is 164 Å². The van der Waals surface area contributed by atoms with Gasteiger partial charge in [0.05, 0.1) is 54.0 Å². The molecule has 0 bridgehead atoms. The van der Waals surface area contributed by atoms with E-state index in [1.54, 1.807) is 0 Å². The molecule has 7 N–H and O–H groups in total. The van der Waals surface area contributed by atoms with Crippen molar-refractivity contribution in [3.8, 4) is 11.5 Å². The number of nitro groups is 2. The van der Waals surface area contributed by atoms with Crippen LogP contribution in [0.25, 0.3) is 54.5 Å². The van der Waals surface area contributed by atoms with Crippen LogP contribution >= 0.6 is 34.8 Å². The number of carbonyl (C=O) groups excluding carboxylic acids is 3. The molecule has 26 heteroatoms. The summed E-state index contributed by atoms with van der Waals surface area (Å²) in [6.07, 6.45) is 18.2. The highest BCUT2D eigenvalue weighted by molar-refractivity contribution is 6.61. The highest BCUT2D eigenvalue weighted by Crippen LogP contribution is 2.36. The number of aliphatic hydroxyl groups is 1. The van der Waals surface area contributed by atoms with Crippen LogP contribution in [0.3, 0.4) is 0 Å². The van der Waals surface area contributed by atoms with Crippen LogP contribution in [-0.2, 0) is 70.4 Å². The minimum Gasteiger partial charge on any atom is -0.465 e. The molecule has 15 rings (SSSR count). The molecule has 2 aliphatic carbocycles. The summed E-state index contributed by atoms with van der Waals surface area (Å²) in [5.41, 5.74) is 20.8. The number of nitrogens with one attached hydrogen (secondary N) is 4. The Morgan fingerprint density at radius 3 is 1.54 bits per heavy atom. The first-order valence-corrected chi connectivity index (χ1v) is 36.2. The Hall–Kier alpha value is -10.5. The van der Waals surface area contributed by atoms with Gasteiger partial charge in [-0.15, -0.1) is 0 Å². The van der Waals surface area contributed by atoms with E-state index < -0.39 is 21.4 Å². The van der Waals surface area contributed by atoms with Gasteiger partial charge in [0.2, 0.25) is 0 Å². The standard InChI is InChI=1S/C27H27ClN2O2.C17H14N2O5.C14H16ClN3.C10H11NO.C7H4ClNO4.C5H11NO/c28-19-12-13-23-21(22-7-2-4-10-25(22)30-26(23)16-19)8-5-11-27(31)32-15-14-18-17-29-24-9-3-1-6-20(18)24;20-17(24-14-7-5-13(6-8-14)19(21)22)23-10-9-12-11-18-16-4-2-1-3-15(12)16;15-9-5-6-11-13(7-9)18-12-4-2-1-3-10(12)14(11)17-8-16;12-6-5-8-7-11-10-4-2-1-3-9(8)10;8-7(10)13-6-3-1-5(2-4-6)9(11)12;1-6-2-4-7-5-3-6/h1,3,6,9,12-13,16-17,29H,2,4-5,7-8,10-11,14-15H2;1-8,11,18H,9-10H2;5-7H,1-4,8,16H2,(H,17,18);1-4,7,11-12H,5-6H2;1-4H;2-5H2,1H3. The summed E-state index contributed by atoms with van der Waals surface area (Å²) in [6.45, 7) is 5.25. The molecular weight excluding hydrogens is 1420 g/mol. The normalized spacial score (nSPS) is 12.9. The van der Waals surface area contributed by atoms with Gasteiger partial charge in [-0.1, -0.05) is 83.9 Å². The van der Waals surface area contributed by atoms with Crippen LogP contribution in [0.15, 0.2) is 176 Å². The molecule has 0 radical (unpaired) electrons. The van der Waals surface area contributed by atoms with Crippen molar-refractivity contribution in [3.63, 3.8) is 0 Å². The molecule has 5 aromatic heterocycles. The molecule has 1 saturated heterocycles. The third kappa shape index (κ3) is 22.3. The predicted octanol–water partition coefficient (Wildman–Crippen LogP) is 17.3. The third-order valence-corrected chi connectivity index (χ3v) is 18.6. The Morgan fingerprint density at radius 2 is 1.05 bits per heavy atom. The quantitative estimate of drug-likeness (QED) is 0.0116. The average Bonchev–Trinajstić information content (AvgIpc) is 1.19. The number of aryl methyl sites for hydroxylation is 3. The molecule has 1 fully saturated rings. The Labute approximate surface area is 626 Å². The minimum atomic E-state index is -0.978. The number of ether oxygens (including phenoxy) is 5. The molecule has 6 heterocycles. The Kier molecular flexibility index (Phi) is 29.2. The molecule has 7 aromatic carbocycles. The van der Waals surface area contributed by atoms with Crippen LogP contribution in [0.1, 0.15) is 83.3 Å². The number of aromatic nitrogens is 5. The number of halogens is 3. The second-order valence-corrected chi connectivity index (χ2v) is 26.3. The average molecular weight is 1500 g/mol. The minimum absolute atomic E-state index is 0.0740. The van der Waals surface area contributed by atoms with Gasteiger partial charge in [0.25, 0.3) is 11.4 Å². The zero-order valence-corrected chi connectivity index (χ0v) is 60.9. The highest BCUT2D eigenvalue weighted by Gasteiger charge is 2.21. The number of H-pyrrole nitrogens is 3. The summed E-state index contributed by atoms with van der Waals surface area (Å²) in [4.78, 5) is 75.4. The van der Waals surface area contributed by atoms with E-state index in [0.29, 0.717) is 31.1 Å². The fraction of sp³-hybridized carbons (Fsp3) is 0.287. The summed E-state index contributed by atoms with van der Waals surface area (Å²) in [5, 5.41) is 40.1. The fourth-order valence-corrected chi connectivity index (χ4v) is 13.2. The molecule has 552 valence electrons.